The molecule has 1 aliphatic rings. The van der Waals surface area contributed by atoms with Crippen LogP contribution >= 0.6 is 11.6 Å². The maximum Gasteiger partial charge on any atom is 0.324 e. The van der Waals surface area contributed by atoms with E-state index in [0.29, 0.717) is 43.6 Å². The Labute approximate surface area is 196 Å². The molecule has 1 saturated heterocycles. The summed E-state index contributed by atoms with van der Waals surface area (Å²) in [7, 11) is 3.27. The van der Waals surface area contributed by atoms with Crippen LogP contribution in [0.15, 0.2) is 36.4 Å². The zero-order valence-electron chi connectivity index (χ0n) is 19.2. The van der Waals surface area contributed by atoms with Crippen molar-refractivity contribution in [1.29, 1.82) is 0 Å². The van der Waals surface area contributed by atoms with E-state index in [1.165, 1.54) is 0 Å². The molecule has 2 aromatic carbocycles. The Morgan fingerprint density at radius 3 is 2.50 bits per heavy atom. The third-order valence-electron chi connectivity index (χ3n) is 5.64. The second kappa shape index (κ2) is 11.9. The Bertz CT molecular complexity index is 906. The molecule has 0 aromatic heterocycles. The largest absolute Gasteiger partial charge is 0.496 e. The van der Waals surface area contributed by atoms with Crippen LogP contribution < -0.4 is 19.1 Å². The number of amides is 2. The van der Waals surface area contributed by atoms with E-state index >= 15 is 0 Å². The summed E-state index contributed by atoms with van der Waals surface area (Å²) in [6.07, 6.45) is 4.13. The number of benzene rings is 2. The quantitative estimate of drug-likeness (QED) is 0.312. The van der Waals surface area contributed by atoms with Crippen molar-refractivity contribution in [1.82, 2.24) is 4.90 Å². The number of halogens is 1. The summed E-state index contributed by atoms with van der Waals surface area (Å²) in [4.78, 5) is 17.0. The number of urea groups is 1. The Morgan fingerprint density at radius 1 is 0.969 bits per heavy atom. The van der Waals surface area contributed by atoms with E-state index in [-0.39, 0.29) is 6.03 Å². The van der Waals surface area contributed by atoms with Crippen LogP contribution in [0.25, 0.3) is 0 Å². The van der Waals surface area contributed by atoms with Crippen LogP contribution in [0.3, 0.4) is 0 Å². The van der Waals surface area contributed by atoms with Gasteiger partial charge in [-0.05, 0) is 36.6 Å². The first-order valence-electron chi connectivity index (χ1n) is 11.2. The van der Waals surface area contributed by atoms with Gasteiger partial charge in [-0.15, -0.1) is 11.6 Å². The fourth-order valence-corrected chi connectivity index (χ4v) is 4.02. The first-order valence-corrected chi connectivity index (χ1v) is 11.7. The van der Waals surface area contributed by atoms with E-state index in [0.717, 1.165) is 48.2 Å². The van der Waals surface area contributed by atoms with Crippen LogP contribution in [-0.2, 0) is 12.4 Å². The van der Waals surface area contributed by atoms with Gasteiger partial charge in [-0.2, -0.15) is 0 Å². The maximum absolute atomic E-state index is 13.3. The molecule has 0 atom stereocenters. The van der Waals surface area contributed by atoms with Crippen LogP contribution in [0.4, 0.5) is 10.5 Å². The average molecular weight is 461 g/mol. The molecule has 6 nitrogen and oxygen atoms in total. The molecule has 2 aromatic rings. The number of alkyl halides is 1. The Balaban J connectivity index is 1.76. The van der Waals surface area contributed by atoms with Crippen LogP contribution in [0, 0.1) is 0 Å². The van der Waals surface area contributed by atoms with Crippen molar-refractivity contribution in [3.8, 4) is 17.2 Å². The third-order valence-corrected chi connectivity index (χ3v) is 5.95. The number of ether oxygens (including phenoxy) is 3. The highest BCUT2D eigenvalue weighted by Gasteiger charge is 2.28. The van der Waals surface area contributed by atoms with Crippen molar-refractivity contribution in [2.75, 3.05) is 38.8 Å². The van der Waals surface area contributed by atoms with E-state index in [1.807, 2.05) is 41.3 Å². The van der Waals surface area contributed by atoms with Gasteiger partial charge in [-0.25, -0.2) is 4.79 Å². The minimum atomic E-state index is -0.0261. The first kappa shape index (κ1) is 24.1. The number of hydrogen-bond acceptors (Lipinski definition) is 4. The number of carbonyl (C=O) groups excluding carboxylic acids is 1. The summed E-state index contributed by atoms with van der Waals surface area (Å²) in [5.74, 6) is 2.52. The van der Waals surface area contributed by atoms with Crippen molar-refractivity contribution in [3.63, 3.8) is 0 Å². The highest BCUT2D eigenvalue weighted by molar-refractivity contribution is 6.17. The van der Waals surface area contributed by atoms with Crippen molar-refractivity contribution in [2.45, 2.75) is 45.0 Å². The summed E-state index contributed by atoms with van der Waals surface area (Å²) in [6, 6.07) is 11.5. The van der Waals surface area contributed by atoms with Gasteiger partial charge in [-0.3, -0.25) is 4.90 Å². The molecule has 0 radical (unpaired) electrons. The van der Waals surface area contributed by atoms with Crippen LogP contribution in [0.5, 0.6) is 17.2 Å². The molecule has 7 heteroatoms. The van der Waals surface area contributed by atoms with E-state index < -0.39 is 0 Å². The lowest BCUT2D eigenvalue weighted by atomic mass is 10.1. The van der Waals surface area contributed by atoms with Gasteiger partial charge in [0.2, 0.25) is 0 Å². The lowest BCUT2D eigenvalue weighted by Crippen LogP contribution is -2.49. The second-order valence-electron chi connectivity index (χ2n) is 7.88. The predicted octanol–water partition coefficient (Wildman–Crippen LogP) is 5.84. The zero-order valence-corrected chi connectivity index (χ0v) is 20.0. The van der Waals surface area contributed by atoms with Gasteiger partial charge in [0, 0.05) is 36.3 Å². The van der Waals surface area contributed by atoms with Gasteiger partial charge in [0.25, 0.3) is 0 Å². The molecule has 0 saturated carbocycles. The number of nitrogens with zero attached hydrogens (tertiary/aromatic N) is 2. The number of hydrogen-bond donors (Lipinski definition) is 0. The Morgan fingerprint density at radius 2 is 1.78 bits per heavy atom. The summed E-state index contributed by atoms with van der Waals surface area (Å²) in [6.45, 7) is 4.64. The van der Waals surface area contributed by atoms with Gasteiger partial charge in [0.15, 0.2) is 11.5 Å². The molecule has 0 spiro atoms. The third kappa shape index (κ3) is 5.80. The van der Waals surface area contributed by atoms with Crippen molar-refractivity contribution in [2.24, 2.45) is 0 Å². The number of carbonyl (C=O) groups is 1. The van der Waals surface area contributed by atoms with Gasteiger partial charge < -0.3 is 19.1 Å². The van der Waals surface area contributed by atoms with Crippen molar-refractivity contribution >= 4 is 23.3 Å². The van der Waals surface area contributed by atoms with E-state index in [1.54, 1.807) is 19.1 Å². The van der Waals surface area contributed by atoms with Gasteiger partial charge >= 0.3 is 6.03 Å². The van der Waals surface area contributed by atoms with Crippen LogP contribution in [-0.4, -0.2) is 44.8 Å². The van der Waals surface area contributed by atoms with E-state index in [2.05, 4.69) is 6.92 Å². The monoisotopic (exact) mass is 460 g/mol. The second-order valence-corrected chi connectivity index (χ2v) is 8.15. The number of methoxy groups -OCH3 is 2. The first-order chi connectivity index (χ1) is 15.6. The van der Waals surface area contributed by atoms with Crippen molar-refractivity contribution < 1.29 is 19.0 Å². The van der Waals surface area contributed by atoms with Gasteiger partial charge in [-0.1, -0.05) is 31.9 Å². The van der Waals surface area contributed by atoms with Gasteiger partial charge in [0.1, 0.15) is 5.75 Å². The minimum absolute atomic E-state index is 0.0261. The van der Waals surface area contributed by atoms with Gasteiger partial charge in [0.05, 0.1) is 27.4 Å². The maximum atomic E-state index is 13.3. The van der Waals surface area contributed by atoms with Crippen LogP contribution in [0.1, 0.15) is 43.7 Å². The summed E-state index contributed by atoms with van der Waals surface area (Å²) >= 11 is 5.95. The van der Waals surface area contributed by atoms with E-state index in [4.69, 9.17) is 25.8 Å². The number of anilines is 1. The fraction of sp³-hybridized carbons (Fsp3) is 0.480. The fourth-order valence-electron chi connectivity index (χ4n) is 3.86. The Hall–Kier alpha value is -2.60. The lowest BCUT2D eigenvalue weighted by molar-refractivity contribution is 0.191. The zero-order chi connectivity index (χ0) is 22.9. The molecular weight excluding hydrogens is 428 g/mol. The molecule has 1 heterocycles. The number of unbranched alkanes of at least 4 members (excludes halogenated alkanes) is 2. The predicted molar refractivity (Wildman–Crippen MR) is 128 cm³/mol. The highest BCUT2D eigenvalue weighted by atomic mass is 35.5. The summed E-state index contributed by atoms with van der Waals surface area (Å²) in [5.41, 5.74) is 2.77. The topological polar surface area (TPSA) is 51.2 Å². The molecule has 32 heavy (non-hydrogen) atoms. The molecule has 1 aliphatic heterocycles. The standard InChI is InChI=1S/C25H33ClN2O4/c1-4-5-6-14-32-24-16-21(10-11-22(24)30-2)28-13-7-12-27(25(28)29)18-20-9-8-19(17-26)15-23(20)31-3/h8-11,15-16H,4-7,12-14,17-18H2,1-3H3. The lowest BCUT2D eigenvalue weighted by Gasteiger charge is -2.36. The van der Waals surface area contributed by atoms with Crippen LogP contribution in [0.2, 0.25) is 0 Å². The number of rotatable bonds is 11. The normalized spacial score (nSPS) is 13.9. The Kier molecular flexibility index (Phi) is 8.91. The molecule has 0 unspecified atom stereocenters. The summed E-state index contributed by atoms with van der Waals surface area (Å²) in [5, 5.41) is 0. The smallest absolute Gasteiger partial charge is 0.324 e. The SMILES string of the molecule is CCCCCOc1cc(N2CCCN(Cc3ccc(CCl)cc3OC)C2=O)ccc1OC. The molecule has 0 bridgehead atoms. The summed E-state index contributed by atoms with van der Waals surface area (Å²) < 4.78 is 17.0. The van der Waals surface area contributed by atoms with E-state index in [9.17, 15) is 4.79 Å². The molecule has 1 fully saturated rings. The molecule has 0 N–H and O–H groups in total. The molecule has 2 amide bonds. The molecule has 174 valence electrons. The molecule has 3 rings (SSSR count). The highest BCUT2D eigenvalue weighted by Crippen LogP contribution is 2.34. The molecular formula is C25H33ClN2O4. The average Bonchev–Trinajstić information content (AvgIpc) is 2.83. The minimum Gasteiger partial charge on any atom is -0.496 e. The molecule has 0 aliphatic carbocycles. The van der Waals surface area contributed by atoms with Crippen molar-refractivity contribution in [3.05, 3.63) is 47.5 Å².